The van der Waals surface area contributed by atoms with Gasteiger partial charge in [-0.15, -0.1) is 0 Å². The van der Waals surface area contributed by atoms with Crippen molar-refractivity contribution in [3.63, 3.8) is 0 Å². The summed E-state index contributed by atoms with van der Waals surface area (Å²) in [5.41, 5.74) is 4.22. The zero-order chi connectivity index (χ0) is 10.8. The highest BCUT2D eigenvalue weighted by Gasteiger charge is 2.13. The van der Waals surface area contributed by atoms with Crippen LogP contribution in [0.3, 0.4) is 0 Å². The molecule has 1 heterocycles. The molecule has 0 saturated carbocycles. The average molecular weight is 198 g/mol. The van der Waals surface area contributed by atoms with E-state index in [0.29, 0.717) is 0 Å². The summed E-state index contributed by atoms with van der Waals surface area (Å²) >= 11 is 0. The van der Waals surface area contributed by atoms with Crippen molar-refractivity contribution in [2.24, 2.45) is 0 Å². The first kappa shape index (κ1) is 10.5. The fourth-order valence-electron chi connectivity index (χ4n) is 0.851. The molecule has 0 fully saturated rings. The standard InChI is InChI=1S/C8H14N4O2/c1-8(2,14)3-10-6-5(9)7(13)12-4-11-6/h4,14H,3,9H2,1-2H3,(H2,10,11,12,13). The van der Waals surface area contributed by atoms with Gasteiger partial charge in [0.05, 0.1) is 11.9 Å². The Morgan fingerprint density at radius 2 is 2.36 bits per heavy atom. The summed E-state index contributed by atoms with van der Waals surface area (Å²) in [5, 5.41) is 12.2. The van der Waals surface area contributed by atoms with Crippen LogP contribution >= 0.6 is 0 Å². The summed E-state index contributed by atoms with van der Waals surface area (Å²) in [6.07, 6.45) is 1.26. The minimum atomic E-state index is -0.878. The maximum Gasteiger partial charge on any atom is 0.276 e. The first-order valence-electron chi connectivity index (χ1n) is 4.19. The molecular formula is C8H14N4O2. The molecule has 0 bridgehead atoms. The normalized spacial score (nSPS) is 11.4. The number of H-pyrrole nitrogens is 1. The van der Waals surface area contributed by atoms with Gasteiger partial charge in [0.15, 0.2) is 5.82 Å². The number of aromatic nitrogens is 2. The van der Waals surface area contributed by atoms with Gasteiger partial charge in [-0.3, -0.25) is 4.79 Å². The topological polar surface area (TPSA) is 104 Å². The van der Waals surface area contributed by atoms with Crippen LogP contribution in [0.2, 0.25) is 0 Å². The van der Waals surface area contributed by atoms with Gasteiger partial charge in [-0.25, -0.2) is 4.98 Å². The van der Waals surface area contributed by atoms with E-state index >= 15 is 0 Å². The third kappa shape index (κ3) is 2.74. The largest absolute Gasteiger partial charge is 0.391 e. The summed E-state index contributed by atoms with van der Waals surface area (Å²) in [7, 11) is 0. The number of nitrogens with two attached hydrogens (primary N) is 1. The molecule has 6 heteroatoms. The van der Waals surface area contributed by atoms with Crippen LogP contribution in [0.25, 0.3) is 0 Å². The zero-order valence-electron chi connectivity index (χ0n) is 8.16. The predicted octanol–water partition coefficient (Wildman–Crippen LogP) is -0.465. The first-order chi connectivity index (χ1) is 6.40. The molecule has 0 unspecified atom stereocenters. The van der Waals surface area contributed by atoms with Gasteiger partial charge >= 0.3 is 0 Å². The molecule has 14 heavy (non-hydrogen) atoms. The predicted molar refractivity (Wildman–Crippen MR) is 54.1 cm³/mol. The Kier molecular flexibility index (Phi) is 2.76. The van der Waals surface area contributed by atoms with Crippen molar-refractivity contribution in [2.75, 3.05) is 17.6 Å². The molecule has 0 spiro atoms. The summed E-state index contributed by atoms with van der Waals surface area (Å²) in [5.74, 6) is 0.288. The van der Waals surface area contributed by atoms with E-state index in [9.17, 15) is 9.90 Å². The molecule has 0 atom stereocenters. The molecule has 0 aliphatic heterocycles. The van der Waals surface area contributed by atoms with Crippen molar-refractivity contribution in [1.82, 2.24) is 9.97 Å². The molecule has 0 aromatic carbocycles. The third-order valence-corrected chi connectivity index (χ3v) is 1.58. The molecule has 6 nitrogen and oxygen atoms in total. The van der Waals surface area contributed by atoms with Gasteiger partial charge in [-0.05, 0) is 13.8 Å². The molecule has 1 rings (SSSR count). The number of nitrogens with one attached hydrogen (secondary N) is 2. The molecule has 1 aromatic rings. The van der Waals surface area contributed by atoms with E-state index in [1.54, 1.807) is 13.8 Å². The minimum absolute atomic E-state index is 0.0248. The highest BCUT2D eigenvalue weighted by molar-refractivity contribution is 5.58. The van der Waals surface area contributed by atoms with Crippen LogP contribution in [0.4, 0.5) is 11.5 Å². The highest BCUT2D eigenvalue weighted by atomic mass is 16.3. The number of nitrogens with zero attached hydrogens (tertiary/aromatic N) is 1. The Labute approximate surface area is 81.2 Å². The van der Waals surface area contributed by atoms with Crippen molar-refractivity contribution in [1.29, 1.82) is 0 Å². The number of hydrogen-bond acceptors (Lipinski definition) is 5. The fourth-order valence-corrected chi connectivity index (χ4v) is 0.851. The number of aliphatic hydroxyl groups is 1. The van der Waals surface area contributed by atoms with Crippen LogP contribution in [0.1, 0.15) is 13.8 Å². The van der Waals surface area contributed by atoms with E-state index in [0.717, 1.165) is 0 Å². The maximum absolute atomic E-state index is 11.0. The number of nitrogen functional groups attached to an aromatic ring is 1. The molecule has 1 aromatic heterocycles. The Morgan fingerprint density at radius 1 is 1.71 bits per heavy atom. The van der Waals surface area contributed by atoms with Gasteiger partial charge in [0.25, 0.3) is 5.56 Å². The average Bonchev–Trinajstić information content (AvgIpc) is 2.06. The maximum atomic E-state index is 11.0. The zero-order valence-corrected chi connectivity index (χ0v) is 8.16. The van der Waals surface area contributed by atoms with Crippen LogP contribution in [0.5, 0.6) is 0 Å². The smallest absolute Gasteiger partial charge is 0.276 e. The van der Waals surface area contributed by atoms with Crippen LogP contribution in [-0.2, 0) is 0 Å². The SMILES string of the molecule is CC(C)(O)CNc1nc[nH]c(=O)c1N. The second kappa shape index (κ2) is 3.67. The van der Waals surface area contributed by atoms with Crippen LogP contribution in [0, 0.1) is 0 Å². The van der Waals surface area contributed by atoms with Crippen molar-refractivity contribution < 1.29 is 5.11 Å². The summed E-state index contributed by atoms with van der Waals surface area (Å²) in [6.45, 7) is 3.56. The first-order valence-corrected chi connectivity index (χ1v) is 4.19. The second-order valence-electron chi connectivity index (χ2n) is 3.66. The van der Waals surface area contributed by atoms with Gasteiger partial charge in [0.2, 0.25) is 0 Å². The van der Waals surface area contributed by atoms with Crippen LogP contribution in [-0.4, -0.2) is 27.2 Å². The Morgan fingerprint density at radius 3 is 2.93 bits per heavy atom. The summed E-state index contributed by atoms with van der Waals surface area (Å²) in [6, 6.07) is 0. The van der Waals surface area contributed by atoms with Crippen LogP contribution < -0.4 is 16.6 Å². The molecular weight excluding hydrogens is 184 g/mol. The van der Waals surface area contributed by atoms with Gasteiger partial charge in [-0.1, -0.05) is 0 Å². The number of rotatable bonds is 3. The quantitative estimate of drug-likeness (QED) is 0.526. The molecule has 78 valence electrons. The fraction of sp³-hybridized carbons (Fsp3) is 0.500. The van der Waals surface area contributed by atoms with E-state index in [2.05, 4.69) is 15.3 Å². The number of hydrogen-bond donors (Lipinski definition) is 4. The van der Waals surface area contributed by atoms with E-state index in [1.807, 2.05) is 0 Å². The van der Waals surface area contributed by atoms with E-state index < -0.39 is 11.2 Å². The lowest BCUT2D eigenvalue weighted by molar-refractivity contribution is 0.0944. The molecule has 5 N–H and O–H groups in total. The summed E-state index contributed by atoms with van der Waals surface area (Å²) < 4.78 is 0. The molecule has 0 aliphatic carbocycles. The number of aromatic amines is 1. The Balaban J connectivity index is 2.78. The number of anilines is 2. The van der Waals surface area contributed by atoms with Gasteiger partial charge in [-0.2, -0.15) is 0 Å². The van der Waals surface area contributed by atoms with E-state index in [1.165, 1.54) is 6.33 Å². The highest BCUT2D eigenvalue weighted by Crippen LogP contribution is 2.09. The monoisotopic (exact) mass is 198 g/mol. The molecule has 0 amide bonds. The van der Waals surface area contributed by atoms with E-state index in [4.69, 9.17) is 5.73 Å². The van der Waals surface area contributed by atoms with E-state index in [-0.39, 0.29) is 18.1 Å². The lowest BCUT2D eigenvalue weighted by Gasteiger charge is -2.18. The molecule has 0 radical (unpaired) electrons. The molecule has 0 saturated heterocycles. The van der Waals surface area contributed by atoms with Gasteiger partial charge in [0, 0.05) is 6.54 Å². The lowest BCUT2D eigenvalue weighted by atomic mass is 10.1. The van der Waals surface area contributed by atoms with Crippen LogP contribution in [0.15, 0.2) is 11.1 Å². The lowest BCUT2D eigenvalue weighted by Crippen LogP contribution is -2.30. The van der Waals surface area contributed by atoms with Crippen molar-refractivity contribution in [2.45, 2.75) is 19.4 Å². The third-order valence-electron chi connectivity index (χ3n) is 1.58. The van der Waals surface area contributed by atoms with Gasteiger partial charge < -0.3 is 21.1 Å². The second-order valence-corrected chi connectivity index (χ2v) is 3.66. The van der Waals surface area contributed by atoms with Crippen molar-refractivity contribution in [3.8, 4) is 0 Å². The Hall–Kier alpha value is -1.56. The Bertz CT molecular complexity index is 366. The molecule has 0 aliphatic rings. The van der Waals surface area contributed by atoms with Crippen molar-refractivity contribution >= 4 is 11.5 Å². The summed E-state index contributed by atoms with van der Waals surface area (Å²) in [4.78, 5) is 17.2. The van der Waals surface area contributed by atoms with Gasteiger partial charge in [0.1, 0.15) is 5.69 Å². The van der Waals surface area contributed by atoms with Crippen molar-refractivity contribution in [3.05, 3.63) is 16.7 Å². The minimum Gasteiger partial charge on any atom is -0.391 e.